The Morgan fingerprint density at radius 1 is 1.56 bits per heavy atom. The average molecular weight is 255 g/mol. The molecular formula is C12H17NOS2. The predicted molar refractivity (Wildman–Crippen MR) is 70.8 cm³/mol. The fourth-order valence-corrected chi connectivity index (χ4v) is 3.33. The van der Waals surface area contributed by atoms with Crippen LogP contribution in [0.1, 0.15) is 24.1 Å². The second-order valence-corrected chi connectivity index (χ2v) is 6.19. The summed E-state index contributed by atoms with van der Waals surface area (Å²) < 4.78 is 0. The van der Waals surface area contributed by atoms with E-state index < -0.39 is 0 Å². The second-order valence-electron chi connectivity index (χ2n) is 4.05. The van der Waals surface area contributed by atoms with Gasteiger partial charge in [0.05, 0.1) is 0 Å². The van der Waals surface area contributed by atoms with Crippen molar-refractivity contribution in [1.82, 2.24) is 5.32 Å². The molecule has 0 radical (unpaired) electrons. The molecule has 1 aliphatic carbocycles. The van der Waals surface area contributed by atoms with Crippen molar-refractivity contribution in [1.29, 1.82) is 0 Å². The van der Waals surface area contributed by atoms with Gasteiger partial charge in [0.2, 0.25) is 5.91 Å². The summed E-state index contributed by atoms with van der Waals surface area (Å²) in [6.45, 7) is 0.811. The monoisotopic (exact) mass is 255 g/mol. The lowest BCUT2D eigenvalue weighted by atomic mass is 9.85. The van der Waals surface area contributed by atoms with Crippen LogP contribution in [0.15, 0.2) is 17.5 Å². The lowest BCUT2D eigenvalue weighted by molar-refractivity contribution is -0.127. The highest BCUT2D eigenvalue weighted by Gasteiger charge is 2.24. The third kappa shape index (κ3) is 3.52. The van der Waals surface area contributed by atoms with E-state index in [9.17, 15) is 4.79 Å². The van der Waals surface area contributed by atoms with E-state index in [4.69, 9.17) is 0 Å². The van der Waals surface area contributed by atoms with Crippen molar-refractivity contribution < 1.29 is 4.79 Å². The van der Waals surface area contributed by atoms with Gasteiger partial charge in [0.25, 0.3) is 0 Å². The molecule has 0 aromatic carbocycles. The van der Waals surface area contributed by atoms with Gasteiger partial charge in [0.15, 0.2) is 0 Å². The van der Waals surface area contributed by atoms with Crippen molar-refractivity contribution in [3.05, 3.63) is 22.4 Å². The molecule has 2 rings (SSSR count). The number of rotatable bonds is 6. The Kier molecular flexibility index (Phi) is 4.72. The first-order valence-corrected chi connectivity index (χ1v) is 7.77. The molecule has 1 heterocycles. The molecule has 88 valence electrons. The van der Waals surface area contributed by atoms with E-state index in [1.54, 1.807) is 11.3 Å². The van der Waals surface area contributed by atoms with Gasteiger partial charge in [-0.3, -0.25) is 4.79 Å². The van der Waals surface area contributed by atoms with Crippen molar-refractivity contribution >= 4 is 29.0 Å². The summed E-state index contributed by atoms with van der Waals surface area (Å²) >= 11 is 3.68. The van der Waals surface area contributed by atoms with Gasteiger partial charge in [-0.25, -0.2) is 0 Å². The molecule has 0 atom stereocenters. The van der Waals surface area contributed by atoms with Crippen molar-refractivity contribution in [2.75, 3.05) is 12.3 Å². The van der Waals surface area contributed by atoms with Crippen LogP contribution in [0.5, 0.6) is 0 Å². The molecule has 1 fully saturated rings. The second kappa shape index (κ2) is 6.30. The number of hydrogen-bond acceptors (Lipinski definition) is 3. The van der Waals surface area contributed by atoms with Gasteiger partial charge in [0.1, 0.15) is 0 Å². The zero-order valence-electron chi connectivity index (χ0n) is 9.28. The fourth-order valence-electron chi connectivity index (χ4n) is 1.63. The summed E-state index contributed by atoms with van der Waals surface area (Å²) in [5.41, 5.74) is 0. The van der Waals surface area contributed by atoms with E-state index >= 15 is 0 Å². The quantitative estimate of drug-likeness (QED) is 0.792. The molecule has 0 bridgehead atoms. The maximum atomic E-state index is 11.5. The van der Waals surface area contributed by atoms with Gasteiger partial charge >= 0.3 is 0 Å². The standard InChI is InChI=1S/C12H17NOS2/c14-12(10-3-1-4-10)13-6-8-15-9-11-5-2-7-16-11/h2,5,7,10H,1,3-4,6,8-9H2,(H,13,14). The third-order valence-electron chi connectivity index (χ3n) is 2.85. The van der Waals surface area contributed by atoms with Crippen LogP contribution < -0.4 is 5.32 Å². The normalized spacial score (nSPS) is 15.8. The van der Waals surface area contributed by atoms with Gasteiger partial charge < -0.3 is 5.32 Å². The van der Waals surface area contributed by atoms with Crippen LogP contribution in [0.25, 0.3) is 0 Å². The molecule has 1 aromatic rings. The zero-order valence-corrected chi connectivity index (χ0v) is 10.9. The smallest absolute Gasteiger partial charge is 0.223 e. The predicted octanol–water partition coefficient (Wildman–Crippen LogP) is 2.90. The Morgan fingerprint density at radius 2 is 2.44 bits per heavy atom. The lowest BCUT2D eigenvalue weighted by Crippen LogP contribution is -2.35. The van der Waals surface area contributed by atoms with Crippen molar-refractivity contribution in [3.8, 4) is 0 Å². The maximum absolute atomic E-state index is 11.5. The van der Waals surface area contributed by atoms with E-state index in [0.29, 0.717) is 5.92 Å². The molecule has 4 heteroatoms. The molecular weight excluding hydrogens is 238 g/mol. The van der Waals surface area contributed by atoms with Crippen LogP contribution in [0.2, 0.25) is 0 Å². The van der Waals surface area contributed by atoms with E-state index in [0.717, 1.165) is 30.9 Å². The Bertz CT molecular complexity index is 320. The number of thiophene rings is 1. The maximum Gasteiger partial charge on any atom is 0.223 e. The van der Waals surface area contributed by atoms with Gasteiger partial charge in [0, 0.05) is 28.8 Å². The van der Waals surface area contributed by atoms with Gasteiger partial charge in [-0.1, -0.05) is 12.5 Å². The first kappa shape index (κ1) is 12.0. The minimum absolute atomic E-state index is 0.267. The van der Waals surface area contributed by atoms with E-state index in [-0.39, 0.29) is 5.91 Å². The van der Waals surface area contributed by atoms with Crippen LogP contribution in [-0.2, 0) is 10.5 Å². The number of carbonyl (C=O) groups is 1. The highest BCUT2D eigenvalue weighted by atomic mass is 32.2. The van der Waals surface area contributed by atoms with Gasteiger partial charge in [-0.2, -0.15) is 11.8 Å². The fraction of sp³-hybridized carbons (Fsp3) is 0.583. The Morgan fingerprint density at radius 3 is 3.06 bits per heavy atom. The summed E-state index contributed by atoms with van der Waals surface area (Å²) in [4.78, 5) is 12.9. The van der Waals surface area contributed by atoms with Crippen molar-refractivity contribution in [3.63, 3.8) is 0 Å². The van der Waals surface area contributed by atoms with Crippen LogP contribution in [0, 0.1) is 5.92 Å². The lowest BCUT2D eigenvalue weighted by Gasteiger charge is -2.23. The summed E-state index contributed by atoms with van der Waals surface area (Å²) in [7, 11) is 0. The summed E-state index contributed by atoms with van der Waals surface area (Å²) in [6, 6.07) is 4.24. The largest absolute Gasteiger partial charge is 0.355 e. The molecule has 1 saturated carbocycles. The van der Waals surface area contributed by atoms with E-state index in [1.165, 1.54) is 11.3 Å². The number of thioether (sulfide) groups is 1. The highest BCUT2D eigenvalue weighted by Crippen LogP contribution is 2.26. The minimum atomic E-state index is 0.267. The number of hydrogen-bond donors (Lipinski definition) is 1. The molecule has 1 N–H and O–H groups in total. The average Bonchev–Trinajstić information content (AvgIpc) is 2.67. The molecule has 1 aromatic heterocycles. The molecule has 0 spiro atoms. The SMILES string of the molecule is O=C(NCCSCc1cccs1)C1CCC1. The topological polar surface area (TPSA) is 29.1 Å². The minimum Gasteiger partial charge on any atom is -0.355 e. The Balaban J connectivity index is 1.50. The van der Waals surface area contributed by atoms with E-state index in [1.807, 2.05) is 11.8 Å². The van der Waals surface area contributed by atoms with E-state index in [2.05, 4.69) is 22.8 Å². The molecule has 0 unspecified atom stereocenters. The number of nitrogens with one attached hydrogen (secondary N) is 1. The molecule has 0 saturated heterocycles. The van der Waals surface area contributed by atoms with Crippen molar-refractivity contribution in [2.24, 2.45) is 5.92 Å². The third-order valence-corrected chi connectivity index (χ3v) is 4.91. The van der Waals surface area contributed by atoms with Crippen molar-refractivity contribution in [2.45, 2.75) is 25.0 Å². The Labute approximate surface area is 105 Å². The van der Waals surface area contributed by atoms with Crippen LogP contribution in [0.3, 0.4) is 0 Å². The number of amides is 1. The summed E-state index contributed by atoms with van der Waals surface area (Å²) in [6.07, 6.45) is 3.41. The highest BCUT2D eigenvalue weighted by molar-refractivity contribution is 7.98. The van der Waals surface area contributed by atoms with Gasteiger partial charge in [-0.05, 0) is 24.3 Å². The molecule has 2 nitrogen and oxygen atoms in total. The van der Waals surface area contributed by atoms with Gasteiger partial charge in [-0.15, -0.1) is 11.3 Å². The zero-order chi connectivity index (χ0) is 11.2. The first-order chi connectivity index (χ1) is 7.86. The van der Waals surface area contributed by atoms with Crippen LogP contribution >= 0.6 is 23.1 Å². The molecule has 16 heavy (non-hydrogen) atoms. The summed E-state index contributed by atoms with van der Waals surface area (Å²) in [5.74, 6) is 2.66. The Hall–Kier alpha value is -0.480. The molecule has 1 amide bonds. The molecule has 1 aliphatic rings. The van der Waals surface area contributed by atoms with Crippen LogP contribution in [-0.4, -0.2) is 18.2 Å². The van der Waals surface area contributed by atoms with Crippen LogP contribution in [0.4, 0.5) is 0 Å². The summed E-state index contributed by atoms with van der Waals surface area (Å²) in [5, 5.41) is 5.11. The molecule has 0 aliphatic heterocycles. The first-order valence-electron chi connectivity index (χ1n) is 5.74. The number of carbonyl (C=O) groups excluding carboxylic acids is 1.